The number of para-hydroxylation sites is 3. The van der Waals surface area contributed by atoms with E-state index in [1.54, 1.807) is 36.4 Å². The zero-order chi connectivity index (χ0) is 13.2. The summed E-state index contributed by atoms with van der Waals surface area (Å²) in [4.78, 5) is 0.439. The third-order valence-corrected chi connectivity index (χ3v) is 2.71. The van der Waals surface area contributed by atoms with Crippen LogP contribution in [0.2, 0.25) is 0 Å². The molecule has 0 atom stereocenters. The summed E-state index contributed by atoms with van der Waals surface area (Å²) in [6.07, 6.45) is 0. The summed E-state index contributed by atoms with van der Waals surface area (Å²) in [5.41, 5.74) is 1.19. The molecule has 94 valence electrons. The molecule has 0 amide bonds. The number of aromatic nitrogens is 3. The highest BCUT2D eigenvalue weighted by Gasteiger charge is 2.19. The van der Waals surface area contributed by atoms with Gasteiger partial charge in [0.25, 0.3) is 5.52 Å². The van der Waals surface area contributed by atoms with E-state index in [-0.39, 0.29) is 17.0 Å². The number of fused-ring (bicyclic) bond motifs is 1. The minimum atomic E-state index is -0.0556. The van der Waals surface area contributed by atoms with Crippen molar-refractivity contribution in [3.8, 4) is 0 Å². The van der Waals surface area contributed by atoms with Crippen molar-refractivity contribution in [1.29, 1.82) is 0 Å². The van der Waals surface area contributed by atoms with Crippen molar-refractivity contribution in [3.63, 3.8) is 0 Å². The lowest BCUT2D eigenvalue weighted by atomic mass is 10.3. The molecule has 0 saturated heterocycles. The highest BCUT2D eigenvalue weighted by atomic mass is 16.5. The van der Waals surface area contributed by atoms with Crippen LogP contribution < -0.4 is 14.9 Å². The molecule has 0 fully saturated rings. The minimum Gasteiger partial charge on any atom is -0.739 e. The monoisotopic (exact) mass is 254 g/mol. The van der Waals surface area contributed by atoms with E-state index in [4.69, 9.17) is 0 Å². The van der Waals surface area contributed by atoms with Crippen LogP contribution in [-0.2, 0) is 0 Å². The predicted octanol–water partition coefficient (Wildman–Crippen LogP) is 1.25. The fraction of sp³-hybridized carbons (Fsp3) is 0. The molecule has 1 heterocycles. The van der Waals surface area contributed by atoms with Crippen LogP contribution in [0.3, 0.4) is 0 Å². The molecule has 0 spiro atoms. The minimum absolute atomic E-state index is 0.0556. The van der Waals surface area contributed by atoms with Crippen LogP contribution in [0, 0.1) is 10.4 Å². The third-order valence-electron chi connectivity index (χ3n) is 2.71. The highest BCUT2D eigenvalue weighted by molar-refractivity contribution is 5.67. The zero-order valence-electron chi connectivity index (χ0n) is 9.85. The first-order chi connectivity index (χ1) is 9.25. The van der Waals surface area contributed by atoms with Crippen molar-refractivity contribution in [2.24, 2.45) is 0 Å². The Kier molecular flexibility index (Phi) is 2.60. The van der Waals surface area contributed by atoms with Crippen molar-refractivity contribution in [1.82, 2.24) is 5.10 Å². The van der Waals surface area contributed by atoms with Gasteiger partial charge in [-0.15, -0.1) is 0 Å². The Morgan fingerprint density at radius 3 is 2.21 bits per heavy atom. The smallest absolute Gasteiger partial charge is 0.465 e. The molecule has 3 rings (SSSR count). The summed E-state index contributed by atoms with van der Waals surface area (Å²) in [5.74, 6) is -0.0556. The third kappa shape index (κ3) is 1.99. The van der Waals surface area contributed by atoms with Crippen molar-refractivity contribution in [2.75, 3.05) is 5.32 Å². The summed E-state index contributed by atoms with van der Waals surface area (Å²) in [6.45, 7) is 0. The Bertz CT molecular complexity index is 731. The second-order valence-corrected chi connectivity index (χ2v) is 3.97. The van der Waals surface area contributed by atoms with Crippen LogP contribution in [0.1, 0.15) is 0 Å². The fourth-order valence-corrected chi connectivity index (χ4v) is 1.82. The fourth-order valence-electron chi connectivity index (χ4n) is 1.82. The van der Waals surface area contributed by atoms with Gasteiger partial charge in [-0.25, -0.2) is 10.0 Å². The summed E-state index contributed by atoms with van der Waals surface area (Å²) in [6, 6.07) is 15.6. The lowest BCUT2D eigenvalue weighted by Gasteiger charge is -2.09. The van der Waals surface area contributed by atoms with Gasteiger partial charge in [-0.2, -0.15) is 0 Å². The Morgan fingerprint density at radius 1 is 0.842 bits per heavy atom. The molecule has 0 aliphatic rings. The van der Waals surface area contributed by atoms with E-state index in [0.717, 1.165) is 0 Å². The molecule has 1 aromatic heterocycles. The quantitative estimate of drug-likeness (QED) is 0.551. The topological polar surface area (TPSA) is 78.8 Å². The normalized spacial score (nSPS) is 10.5. The van der Waals surface area contributed by atoms with Crippen LogP contribution in [0.15, 0.2) is 54.6 Å². The molecule has 0 aliphatic heterocycles. The Labute approximate surface area is 108 Å². The summed E-state index contributed by atoms with van der Waals surface area (Å²) in [7, 11) is 0. The molecule has 0 bridgehead atoms. The van der Waals surface area contributed by atoms with E-state index in [1.807, 2.05) is 18.2 Å². The second kappa shape index (κ2) is 4.41. The van der Waals surface area contributed by atoms with E-state index in [2.05, 4.69) is 10.4 Å². The van der Waals surface area contributed by atoms with E-state index in [0.29, 0.717) is 15.3 Å². The number of anilines is 2. The largest absolute Gasteiger partial charge is 0.739 e. The van der Waals surface area contributed by atoms with Gasteiger partial charge in [-0.3, -0.25) is 0 Å². The van der Waals surface area contributed by atoms with Crippen LogP contribution in [0.4, 0.5) is 11.6 Å². The van der Waals surface area contributed by atoms with Gasteiger partial charge < -0.3 is 10.4 Å². The molecule has 2 aromatic carbocycles. The first-order valence-corrected chi connectivity index (χ1v) is 5.70. The number of hydrogen-bond donors (Lipinski definition) is 1. The maximum atomic E-state index is 12.1. The molecule has 19 heavy (non-hydrogen) atoms. The first-order valence-electron chi connectivity index (χ1n) is 5.70. The Morgan fingerprint density at radius 2 is 1.47 bits per heavy atom. The number of hydrogen-bond acceptors (Lipinski definition) is 4. The highest BCUT2D eigenvalue weighted by Crippen LogP contribution is 2.11. The standard InChI is InChI=1S/C13H10N4O2/c18-16-11-8-4-5-9-12(11)17(19)15-13(16)14-10-6-2-1-3-7-10/h1-9H,(H,14,15). The van der Waals surface area contributed by atoms with Gasteiger partial charge in [-0.05, 0) is 18.2 Å². The van der Waals surface area contributed by atoms with Crippen molar-refractivity contribution < 1.29 is 9.58 Å². The lowest BCUT2D eigenvalue weighted by molar-refractivity contribution is -0.672. The molecule has 0 radical (unpaired) electrons. The Hall–Kier alpha value is -2.89. The van der Waals surface area contributed by atoms with Crippen LogP contribution in [0.25, 0.3) is 11.0 Å². The van der Waals surface area contributed by atoms with Crippen molar-refractivity contribution >= 4 is 22.7 Å². The molecule has 0 aliphatic carbocycles. The maximum Gasteiger partial charge on any atom is 0.465 e. The van der Waals surface area contributed by atoms with Crippen molar-refractivity contribution in [3.05, 3.63) is 65.0 Å². The first kappa shape index (κ1) is 11.2. The van der Waals surface area contributed by atoms with Gasteiger partial charge in [0.15, 0.2) is 5.52 Å². The van der Waals surface area contributed by atoms with E-state index in [1.165, 1.54) is 0 Å². The second-order valence-electron chi connectivity index (χ2n) is 3.97. The van der Waals surface area contributed by atoms with E-state index >= 15 is 0 Å². The van der Waals surface area contributed by atoms with Gasteiger partial charge in [0.2, 0.25) is 5.10 Å². The average molecular weight is 254 g/mol. The molecular formula is C13H10N4O2. The predicted molar refractivity (Wildman–Crippen MR) is 69.4 cm³/mol. The Balaban J connectivity index is 2.12. The van der Waals surface area contributed by atoms with Gasteiger partial charge in [0.1, 0.15) is 0 Å². The van der Waals surface area contributed by atoms with Gasteiger partial charge in [0.05, 0.1) is 5.69 Å². The SMILES string of the molecule is [O-][n+]1nc(Nc2ccccc2)[n+]([O-])c2ccccc21. The number of nitrogens with one attached hydrogen (secondary N) is 1. The summed E-state index contributed by atoms with van der Waals surface area (Å²) in [5, 5.41) is 30.4. The molecule has 3 aromatic rings. The molecule has 6 heteroatoms. The number of nitrogens with zero attached hydrogens (tertiary/aromatic N) is 3. The molecule has 0 unspecified atom stereocenters. The van der Waals surface area contributed by atoms with E-state index in [9.17, 15) is 10.4 Å². The number of benzene rings is 2. The van der Waals surface area contributed by atoms with Gasteiger partial charge in [-0.1, -0.05) is 30.3 Å². The van der Waals surface area contributed by atoms with Crippen LogP contribution in [-0.4, -0.2) is 5.10 Å². The molecule has 0 saturated carbocycles. The summed E-state index contributed by atoms with van der Waals surface area (Å²) < 4.78 is 0.608. The molecule has 6 nitrogen and oxygen atoms in total. The summed E-state index contributed by atoms with van der Waals surface area (Å²) >= 11 is 0. The number of rotatable bonds is 2. The lowest BCUT2D eigenvalue weighted by Crippen LogP contribution is -2.43. The van der Waals surface area contributed by atoms with Crippen LogP contribution >= 0.6 is 0 Å². The average Bonchev–Trinajstić information content (AvgIpc) is 2.46. The van der Waals surface area contributed by atoms with Gasteiger partial charge >= 0.3 is 5.95 Å². The molecular weight excluding hydrogens is 244 g/mol. The zero-order valence-corrected chi connectivity index (χ0v) is 9.85. The maximum absolute atomic E-state index is 12.1. The van der Waals surface area contributed by atoms with Crippen LogP contribution in [0.5, 0.6) is 0 Å². The van der Waals surface area contributed by atoms with Crippen molar-refractivity contribution in [2.45, 2.75) is 0 Å². The van der Waals surface area contributed by atoms with E-state index < -0.39 is 0 Å². The molecule has 1 N–H and O–H groups in total. The van der Waals surface area contributed by atoms with Gasteiger partial charge in [0, 0.05) is 10.9 Å².